The number of allylic oxidation sites excluding steroid dienone is 3. The summed E-state index contributed by atoms with van der Waals surface area (Å²) in [4.78, 5) is 10.2. The highest BCUT2D eigenvalue weighted by Crippen LogP contribution is 2.45. The van der Waals surface area contributed by atoms with Crippen molar-refractivity contribution in [1.82, 2.24) is 9.88 Å². The molecule has 4 heterocycles. The highest BCUT2D eigenvalue weighted by Gasteiger charge is 2.26. The molecular formula is C51H34N4OS. The van der Waals surface area contributed by atoms with Crippen LogP contribution in [-0.2, 0) is 0 Å². The van der Waals surface area contributed by atoms with Crippen molar-refractivity contribution in [3.05, 3.63) is 187 Å². The Labute approximate surface area is 332 Å². The van der Waals surface area contributed by atoms with E-state index in [-0.39, 0.29) is 12.1 Å². The Morgan fingerprint density at radius 1 is 0.632 bits per heavy atom. The highest BCUT2D eigenvalue weighted by molar-refractivity contribution is 7.26. The van der Waals surface area contributed by atoms with Crippen molar-refractivity contribution in [2.75, 3.05) is 0 Å². The monoisotopic (exact) mass is 750 g/mol. The minimum Gasteiger partial charge on any atom is -0.455 e. The lowest BCUT2D eigenvalue weighted by atomic mass is 9.97. The first-order valence-corrected chi connectivity index (χ1v) is 20.3. The van der Waals surface area contributed by atoms with Crippen LogP contribution in [0.4, 0.5) is 0 Å². The number of rotatable bonds is 5. The molecule has 2 unspecified atom stereocenters. The van der Waals surface area contributed by atoms with Crippen LogP contribution in [0, 0.1) is 5.92 Å². The number of benzene rings is 7. The van der Waals surface area contributed by atoms with Gasteiger partial charge in [0.15, 0.2) is 5.84 Å². The van der Waals surface area contributed by atoms with E-state index in [2.05, 4.69) is 168 Å². The lowest BCUT2D eigenvalue weighted by molar-refractivity contribution is 0.641. The lowest BCUT2D eigenvalue weighted by Crippen LogP contribution is -2.37. The number of hydrogen-bond donors (Lipinski definition) is 1. The predicted molar refractivity (Wildman–Crippen MR) is 239 cm³/mol. The summed E-state index contributed by atoms with van der Waals surface area (Å²) in [5, 5.41) is 10.9. The lowest BCUT2D eigenvalue weighted by Gasteiger charge is -2.27. The van der Waals surface area contributed by atoms with Gasteiger partial charge in [0.2, 0.25) is 0 Å². The van der Waals surface area contributed by atoms with E-state index in [0.717, 1.165) is 56.7 Å². The first-order valence-electron chi connectivity index (χ1n) is 19.5. The molecule has 57 heavy (non-hydrogen) atoms. The van der Waals surface area contributed by atoms with Crippen LogP contribution in [0.2, 0.25) is 0 Å². The van der Waals surface area contributed by atoms with Crippen molar-refractivity contribution < 1.29 is 4.42 Å². The van der Waals surface area contributed by atoms with Gasteiger partial charge < -0.3 is 14.3 Å². The molecule has 6 heteroatoms. The Hall–Kier alpha value is -7.02. The molecule has 2 atom stereocenters. The van der Waals surface area contributed by atoms with Crippen LogP contribution in [0.25, 0.3) is 80.7 Å². The van der Waals surface area contributed by atoms with E-state index >= 15 is 0 Å². The molecule has 0 fully saturated rings. The molecule has 270 valence electrons. The fourth-order valence-corrected chi connectivity index (χ4v) is 10.1. The minimum atomic E-state index is -0.289. The third kappa shape index (κ3) is 5.14. The third-order valence-corrected chi connectivity index (χ3v) is 12.7. The molecule has 10 aromatic rings. The molecule has 1 N–H and O–H groups in total. The quantitative estimate of drug-likeness (QED) is 0.190. The molecule has 0 bridgehead atoms. The molecule has 5 nitrogen and oxygen atoms in total. The molecular weight excluding hydrogens is 717 g/mol. The third-order valence-electron chi connectivity index (χ3n) is 11.6. The molecule has 7 aromatic carbocycles. The number of amidine groups is 2. The summed E-state index contributed by atoms with van der Waals surface area (Å²) in [6.07, 6.45) is 9.23. The number of thiophene rings is 1. The van der Waals surface area contributed by atoms with Crippen molar-refractivity contribution in [2.45, 2.75) is 12.6 Å². The van der Waals surface area contributed by atoms with Crippen LogP contribution in [0.1, 0.15) is 23.7 Å². The van der Waals surface area contributed by atoms with Crippen LogP contribution in [0.5, 0.6) is 0 Å². The van der Waals surface area contributed by atoms with Gasteiger partial charge >= 0.3 is 0 Å². The van der Waals surface area contributed by atoms with Gasteiger partial charge in [-0.2, -0.15) is 0 Å². The number of aromatic nitrogens is 1. The minimum absolute atomic E-state index is 0.170. The maximum atomic E-state index is 6.78. The summed E-state index contributed by atoms with van der Waals surface area (Å²) in [7, 11) is 0. The average Bonchev–Trinajstić information content (AvgIpc) is 3.96. The van der Waals surface area contributed by atoms with E-state index in [0.29, 0.717) is 0 Å². The molecule has 0 radical (unpaired) electrons. The Balaban J connectivity index is 0.968. The van der Waals surface area contributed by atoms with Gasteiger partial charge in [0.25, 0.3) is 0 Å². The van der Waals surface area contributed by atoms with Gasteiger partial charge in [-0.15, -0.1) is 11.3 Å². The topological polar surface area (TPSA) is 54.8 Å². The molecule has 0 saturated heterocycles. The summed E-state index contributed by atoms with van der Waals surface area (Å²) < 4.78 is 11.7. The van der Waals surface area contributed by atoms with Gasteiger partial charge in [-0.05, 0) is 60.0 Å². The van der Waals surface area contributed by atoms with Crippen molar-refractivity contribution in [3.63, 3.8) is 0 Å². The largest absolute Gasteiger partial charge is 0.455 e. The van der Waals surface area contributed by atoms with Gasteiger partial charge in [0, 0.05) is 64.4 Å². The number of nitrogens with zero attached hydrogens (tertiary/aromatic N) is 3. The van der Waals surface area contributed by atoms with Crippen LogP contribution in [0.15, 0.2) is 190 Å². The molecule has 1 aliphatic carbocycles. The maximum Gasteiger partial charge on any atom is 0.159 e. The standard InChI is InChI=1S/C51H34N4OS/c1-3-13-31(14-4-1)49-52-50(32-15-5-2-6-16-32)54-51(53-49)33-25-28-44-41(29-33)39-21-11-20-38(48(39)56-44)37-19-12-24-45-47(37)40-27-26-34(30-46(40)57-45)55-42-22-9-7-17-35(42)36-18-8-10-23-43(36)55/h1-15,17-30,32,51H,16H2,(H,52,53,54). The molecule has 12 rings (SSSR count). The van der Waals surface area contributed by atoms with Crippen molar-refractivity contribution >= 4 is 86.9 Å². The van der Waals surface area contributed by atoms with Crippen molar-refractivity contribution in [1.29, 1.82) is 0 Å². The predicted octanol–water partition coefficient (Wildman–Crippen LogP) is 13.3. The van der Waals surface area contributed by atoms with E-state index in [4.69, 9.17) is 14.4 Å². The zero-order chi connectivity index (χ0) is 37.5. The van der Waals surface area contributed by atoms with Gasteiger partial charge in [-0.25, -0.2) is 9.98 Å². The molecule has 0 saturated carbocycles. The summed E-state index contributed by atoms with van der Waals surface area (Å²) in [5.41, 5.74) is 9.70. The normalized spacial score (nSPS) is 16.9. The van der Waals surface area contributed by atoms with Gasteiger partial charge in [0.05, 0.1) is 11.0 Å². The second-order valence-corrected chi connectivity index (χ2v) is 16.0. The zero-order valence-electron chi connectivity index (χ0n) is 30.8. The fraction of sp³-hybridized carbons (Fsp3) is 0.0588. The van der Waals surface area contributed by atoms with Crippen molar-refractivity contribution in [3.8, 4) is 16.8 Å². The molecule has 2 aliphatic rings. The molecule has 3 aromatic heterocycles. The average molecular weight is 751 g/mol. The Bertz CT molecular complexity index is 3320. The van der Waals surface area contributed by atoms with Crippen LogP contribution >= 0.6 is 11.3 Å². The summed E-state index contributed by atoms with van der Waals surface area (Å²) in [6.45, 7) is 0. The SMILES string of the molecule is C1=CCC(C2=NC(c3ccccc3)=NC(c3ccc4oc5c(-c6cccc7sc8cc(-n9c%10ccccc%10c%10ccccc%109)ccc8c67)cccc5c4c3)N2)C=C1. The van der Waals surface area contributed by atoms with E-state index in [1.165, 1.54) is 53.2 Å². The van der Waals surface area contributed by atoms with E-state index in [9.17, 15) is 0 Å². The summed E-state index contributed by atoms with van der Waals surface area (Å²) >= 11 is 1.85. The van der Waals surface area contributed by atoms with Gasteiger partial charge in [-0.3, -0.25) is 0 Å². The van der Waals surface area contributed by atoms with Crippen molar-refractivity contribution in [2.24, 2.45) is 15.9 Å². The highest BCUT2D eigenvalue weighted by atomic mass is 32.1. The Morgan fingerprint density at radius 2 is 1.40 bits per heavy atom. The number of aliphatic imine (C=N–C) groups is 2. The van der Waals surface area contributed by atoms with E-state index < -0.39 is 0 Å². The summed E-state index contributed by atoms with van der Waals surface area (Å²) in [6, 6.07) is 54.3. The smallest absolute Gasteiger partial charge is 0.159 e. The molecule has 1 aliphatic heterocycles. The Kier molecular flexibility index (Phi) is 7.22. The van der Waals surface area contributed by atoms with Gasteiger partial charge in [-0.1, -0.05) is 133 Å². The van der Waals surface area contributed by atoms with E-state index in [1.807, 2.05) is 29.5 Å². The summed E-state index contributed by atoms with van der Waals surface area (Å²) in [5.74, 6) is 1.85. The van der Waals surface area contributed by atoms with Crippen LogP contribution in [0.3, 0.4) is 0 Å². The molecule has 0 spiro atoms. The van der Waals surface area contributed by atoms with E-state index in [1.54, 1.807) is 0 Å². The first kappa shape index (κ1) is 32.2. The number of nitrogens with one attached hydrogen (secondary N) is 1. The second kappa shape index (κ2) is 12.8. The first-order chi connectivity index (χ1) is 28.2. The number of para-hydroxylation sites is 3. The zero-order valence-corrected chi connectivity index (χ0v) is 31.6. The van der Waals surface area contributed by atoms with Crippen LogP contribution in [-0.4, -0.2) is 16.2 Å². The number of furan rings is 1. The fourth-order valence-electron chi connectivity index (χ4n) is 8.90. The maximum absolute atomic E-state index is 6.78. The number of hydrogen-bond acceptors (Lipinski definition) is 5. The molecule has 0 amide bonds. The number of fused-ring (bicyclic) bond motifs is 9. The Morgan fingerprint density at radius 3 is 2.23 bits per heavy atom. The van der Waals surface area contributed by atoms with Crippen LogP contribution < -0.4 is 5.32 Å². The second-order valence-electron chi connectivity index (χ2n) is 14.9. The van der Waals surface area contributed by atoms with Gasteiger partial charge in [0.1, 0.15) is 23.2 Å².